The normalized spacial score (nSPS) is 10.1. The first-order valence-electron chi connectivity index (χ1n) is 6.40. The lowest BCUT2D eigenvalue weighted by Crippen LogP contribution is -2.08. The average molecular weight is 268 g/mol. The molecule has 0 atom stereocenters. The first kappa shape index (κ1) is 14.0. The van der Waals surface area contributed by atoms with Crippen LogP contribution in [0.5, 0.6) is 0 Å². The summed E-state index contributed by atoms with van der Waals surface area (Å²) in [6.07, 6.45) is 0. The fraction of sp³-hybridized carbons (Fsp3) is 0.176. The molecule has 2 aromatic carbocycles. The van der Waals surface area contributed by atoms with E-state index >= 15 is 0 Å². The molecule has 0 amide bonds. The highest BCUT2D eigenvalue weighted by Gasteiger charge is 2.12. The Kier molecular flexibility index (Phi) is 4.31. The van der Waals surface area contributed by atoms with E-state index in [0.717, 1.165) is 11.1 Å². The second-order valence-corrected chi connectivity index (χ2v) is 4.65. The van der Waals surface area contributed by atoms with Crippen LogP contribution in [0.2, 0.25) is 0 Å². The van der Waals surface area contributed by atoms with Gasteiger partial charge < -0.3 is 4.74 Å². The summed E-state index contributed by atoms with van der Waals surface area (Å²) in [5, 5.41) is 0. The lowest BCUT2D eigenvalue weighted by Gasteiger charge is -2.08. The third kappa shape index (κ3) is 3.32. The highest BCUT2D eigenvalue weighted by Crippen LogP contribution is 2.14. The molecule has 3 heteroatoms. The topological polar surface area (TPSA) is 43.4 Å². The average Bonchev–Trinajstić information content (AvgIpc) is 2.45. The summed E-state index contributed by atoms with van der Waals surface area (Å²) in [5.74, 6) is -0.390. The van der Waals surface area contributed by atoms with Crippen LogP contribution in [0.25, 0.3) is 0 Å². The maximum Gasteiger partial charge on any atom is 0.338 e. The van der Waals surface area contributed by atoms with Gasteiger partial charge in [0, 0.05) is 5.56 Å². The van der Waals surface area contributed by atoms with Crippen molar-refractivity contribution < 1.29 is 14.3 Å². The molecule has 0 radical (unpaired) electrons. The van der Waals surface area contributed by atoms with E-state index in [2.05, 4.69) is 0 Å². The lowest BCUT2D eigenvalue weighted by molar-refractivity contribution is 0.0471. The Morgan fingerprint density at radius 3 is 2.35 bits per heavy atom. The van der Waals surface area contributed by atoms with Crippen LogP contribution in [0.15, 0.2) is 48.5 Å². The quantitative estimate of drug-likeness (QED) is 0.629. The predicted molar refractivity (Wildman–Crippen MR) is 76.7 cm³/mol. The minimum absolute atomic E-state index is 0.0164. The van der Waals surface area contributed by atoms with E-state index in [1.807, 2.05) is 30.3 Å². The van der Waals surface area contributed by atoms with Crippen molar-refractivity contribution in [2.24, 2.45) is 0 Å². The molecule has 0 aliphatic rings. The van der Waals surface area contributed by atoms with Gasteiger partial charge in [-0.15, -0.1) is 0 Å². The summed E-state index contributed by atoms with van der Waals surface area (Å²) in [4.78, 5) is 23.3. The van der Waals surface area contributed by atoms with Gasteiger partial charge in [-0.1, -0.05) is 36.4 Å². The van der Waals surface area contributed by atoms with E-state index in [4.69, 9.17) is 4.74 Å². The monoisotopic (exact) mass is 268 g/mol. The number of benzene rings is 2. The molecule has 0 bridgehead atoms. The lowest BCUT2D eigenvalue weighted by atomic mass is 10.0. The Balaban J connectivity index is 2.08. The zero-order chi connectivity index (χ0) is 14.5. The van der Waals surface area contributed by atoms with Gasteiger partial charge in [-0.3, -0.25) is 4.79 Å². The fourth-order valence-corrected chi connectivity index (χ4v) is 1.91. The molecule has 0 saturated carbocycles. The van der Waals surface area contributed by atoms with Crippen LogP contribution in [-0.2, 0) is 11.3 Å². The molecule has 3 nitrogen and oxygen atoms in total. The maximum atomic E-state index is 12.0. The van der Waals surface area contributed by atoms with Crippen LogP contribution < -0.4 is 0 Å². The van der Waals surface area contributed by atoms with Crippen molar-refractivity contribution in [3.8, 4) is 0 Å². The van der Waals surface area contributed by atoms with Crippen molar-refractivity contribution in [1.29, 1.82) is 0 Å². The highest BCUT2D eigenvalue weighted by atomic mass is 16.5. The highest BCUT2D eigenvalue weighted by molar-refractivity contribution is 5.97. The minimum Gasteiger partial charge on any atom is -0.457 e. The second-order valence-electron chi connectivity index (χ2n) is 4.65. The molecule has 0 spiro atoms. The van der Waals surface area contributed by atoms with Crippen LogP contribution >= 0.6 is 0 Å². The zero-order valence-corrected chi connectivity index (χ0v) is 11.6. The predicted octanol–water partition coefficient (Wildman–Crippen LogP) is 3.55. The third-order valence-corrected chi connectivity index (χ3v) is 3.07. The molecule has 0 aromatic heterocycles. The van der Waals surface area contributed by atoms with Crippen molar-refractivity contribution in [3.63, 3.8) is 0 Å². The Labute approximate surface area is 118 Å². The van der Waals surface area contributed by atoms with Crippen molar-refractivity contribution in [2.45, 2.75) is 20.5 Å². The van der Waals surface area contributed by atoms with Gasteiger partial charge in [0.25, 0.3) is 0 Å². The van der Waals surface area contributed by atoms with Gasteiger partial charge in [0.05, 0.1) is 5.56 Å². The van der Waals surface area contributed by atoms with Gasteiger partial charge in [0.2, 0.25) is 0 Å². The van der Waals surface area contributed by atoms with Crippen LogP contribution in [0, 0.1) is 6.92 Å². The van der Waals surface area contributed by atoms with E-state index in [9.17, 15) is 9.59 Å². The number of Topliss-reactive ketones (excluding diaryl/α,β-unsaturated/α-hetero) is 1. The number of ether oxygens (including phenoxy) is 1. The minimum atomic E-state index is -0.374. The van der Waals surface area contributed by atoms with Crippen LogP contribution in [0.1, 0.15) is 38.8 Å². The molecule has 2 rings (SSSR count). The fourth-order valence-electron chi connectivity index (χ4n) is 1.91. The largest absolute Gasteiger partial charge is 0.457 e. The van der Waals surface area contributed by atoms with E-state index in [1.54, 1.807) is 25.1 Å². The van der Waals surface area contributed by atoms with E-state index in [1.165, 1.54) is 6.92 Å². The smallest absolute Gasteiger partial charge is 0.338 e. The summed E-state index contributed by atoms with van der Waals surface area (Å²) in [7, 11) is 0. The Morgan fingerprint density at radius 1 is 1.05 bits per heavy atom. The molecule has 0 heterocycles. The van der Waals surface area contributed by atoms with Crippen LogP contribution in [0.4, 0.5) is 0 Å². The zero-order valence-electron chi connectivity index (χ0n) is 11.6. The molecule has 0 unspecified atom stereocenters. The standard InChI is InChI=1S/C17H16O3/c1-12-10-15(13(2)18)8-9-16(12)17(19)20-11-14-6-4-3-5-7-14/h3-10H,11H2,1-2H3. The van der Waals surface area contributed by atoms with Gasteiger partial charge >= 0.3 is 5.97 Å². The number of carbonyl (C=O) groups is 2. The van der Waals surface area contributed by atoms with Crippen LogP contribution in [0.3, 0.4) is 0 Å². The third-order valence-electron chi connectivity index (χ3n) is 3.07. The number of ketones is 1. The number of aryl methyl sites for hydroxylation is 1. The molecule has 0 fully saturated rings. The van der Waals surface area contributed by atoms with Gasteiger partial charge in [-0.25, -0.2) is 4.79 Å². The molecule has 102 valence electrons. The van der Waals surface area contributed by atoms with Crippen molar-refractivity contribution >= 4 is 11.8 Å². The first-order valence-corrected chi connectivity index (χ1v) is 6.40. The molecule has 0 N–H and O–H groups in total. The summed E-state index contributed by atoms with van der Waals surface area (Å²) in [6.45, 7) is 3.54. The van der Waals surface area contributed by atoms with E-state index < -0.39 is 0 Å². The van der Waals surface area contributed by atoms with Crippen molar-refractivity contribution in [3.05, 3.63) is 70.8 Å². The Bertz CT molecular complexity index is 630. The van der Waals surface area contributed by atoms with E-state index in [-0.39, 0.29) is 18.4 Å². The number of hydrogen-bond acceptors (Lipinski definition) is 3. The first-order chi connectivity index (χ1) is 9.58. The van der Waals surface area contributed by atoms with Crippen LogP contribution in [-0.4, -0.2) is 11.8 Å². The number of hydrogen-bond donors (Lipinski definition) is 0. The maximum absolute atomic E-state index is 12.0. The Morgan fingerprint density at radius 2 is 1.75 bits per heavy atom. The summed E-state index contributed by atoms with van der Waals surface area (Å²) >= 11 is 0. The molecule has 0 aliphatic heterocycles. The number of esters is 1. The van der Waals surface area contributed by atoms with E-state index in [0.29, 0.717) is 11.1 Å². The Hall–Kier alpha value is -2.42. The second kappa shape index (κ2) is 6.15. The van der Waals surface area contributed by atoms with Gasteiger partial charge in [0.15, 0.2) is 5.78 Å². The van der Waals surface area contributed by atoms with Gasteiger partial charge in [0.1, 0.15) is 6.61 Å². The molecule has 0 aliphatic carbocycles. The molecule has 0 saturated heterocycles. The molecule has 2 aromatic rings. The van der Waals surface area contributed by atoms with Crippen molar-refractivity contribution in [2.75, 3.05) is 0 Å². The number of rotatable bonds is 4. The van der Waals surface area contributed by atoms with Crippen molar-refractivity contribution in [1.82, 2.24) is 0 Å². The summed E-state index contributed by atoms with van der Waals surface area (Å²) < 4.78 is 5.27. The molecular weight excluding hydrogens is 252 g/mol. The molecular formula is C17H16O3. The summed E-state index contributed by atoms with van der Waals surface area (Å²) in [5.41, 5.74) is 2.78. The summed E-state index contributed by atoms with van der Waals surface area (Å²) in [6, 6.07) is 14.5. The number of carbonyl (C=O) groups excluding carboxylic acids is 2. The van der Waals surface area contributed by atoms with Gasteiger partial charge in [-0.05, 0) is 37.1 Å². The molecule has 20 heavy (non-hydrogen) atoms. The SMILES string of the molecule is CC(=O)c1ccc(C(=O)OCc2ccccc2)c(C)c1. The van der Waals surface area contributed by atoms with Gasteiger partial charge in [-0.2, -0.15) is 0 Å².